The number of carboxylic acids is 1. The zero-order chi connectivity index (χ0) is 33.1. The molecule has 14 heteroatoms. The summed E-state index contributed by atoms with van der Waals surface area (Å²) >= 11 is 3.35. The van der Waals surface area contributed by atoms with Gasteiger partial charge in [0.25, 0.3) is 0 Å². The first-order chi connectivity index (χ1) is 21.8. The molecule has 4 heterocycles. The van der Waals surface area contributed by atoms with Crippen LogP contribution in [0.1, 0.15) is 52.0 Å². The van der Waals surface area contributed by atoms with E-state index in [1.54, 1.807) is 36.4 Å². The van der Waals surface area contributed by atoms with Gasteiger partial charge in [-0.2, -0.15) is 5.10 Å². The quantitative estimate of drug-likeness (QED) is 0.196. The topological polar surface area (TPSA) is 164 Å². The van der Waals surface area contributed by atoms with E-state index in [9.17, 15) is 24.3 Å². The molecule has 46 heavy (non-hydrogen) atoms. The van der Waals surface area contributed by atoms with Gasteiger partial charge in [-0.3, -0.25) is 19.1 Å². The number of fused-ring (bicyclic) bond motifs is 2. The third-order valence-corrected chi connectivity index (χ3v) is 9.19. The van der Waals surface area contributed by atoms with E-state index in [0.29, 0.717) is 45.7 Å². The molecule has 1 aliphatic carbocycles. The average molecular weight is 690 g/mol. The van der Waals surface area contributed by atoms with Crippen molar-refractivity contribution >= 4 is 56.2 Å². The molecule has 1 aliphatic heterocycles. The molecular formula is C32H33BrN8O5. The van der Waals surface area contributed by atoms with Crippen LogP contribution in [0.4, 0.5) is 5.82 Å². The lowest BCUT2D eigenvalue weighted by Gasteiger charge is -2.27. The van der Waals surface area contributed by atoms with Gasteiger partial charge in [-0.1, -0.05) is 6.07 Å². The molecular weight excluding hydrogens is 656 g/mol. The number of likely N-dealkylation sites (tertiary alicyclic amines) is 1. The van der Waals surface area contributed by atoms with Crippen molar-refractivity contribution in [2.24, 2.45) is 5.41 Å². The highest BCUT2D eigenvalue weighted by molar-refractivity contribution is 9.10. The number of ketones is 1. The number of carbonyl (C=O) groups is 4. The van der Waals surface area contributed by atoms with Gasteiger partial charge < -0.3 is 20.2 Å². The molecule has 2 N–H and O–H groups in total. The van der Waals surface area contributed by atoms with E-state index < -0.39 is 17.9 Å². The number of rotatable bonds is 9. The number of amides is 2. The number of anilines is 1. The second-order valence-electron chi connectivity index (χ2n) is 12.4. The zero-order valence-corrected chi connectivity index (χ0v) is 27.6. The Labute approximate surface area is 273 Å². The van der Waals surface area contributed by atoms with Crippen LogP contribution in [0.5, 0.6) is 0 Å². The first kappa shape index (κ1) is 31.4. The van der Waals surface area contributed by atoms with Crippen molar-refractivity contribution in [2.75, 3.05) is 26.0 Å². The van der Waals surface area contributed by atoms with Crippen LogP contribution < -0.4 is 5.32 Å². The number of carboxylic acid groups (broad SMARTS) is 1. The summed E-state index contributed by atoms with van der Waals surface area (Å²) in [7, 11) is 3.92. The van der Waals surface area contributed by atoms with Crippen LogP contribution in [-0.4, -0.2) is 95.9 Å². The predicted octanol–water partition coefficient (Wildman–Crippen LogP) is 3.73. The summed E-state index contributed by atoms with van der Waals surface area (Å²) < 4.78 is 1.84. The molecule has 1 aromatic carbocycles. The van der Waals surface area contributed by atoms with E-state index >= 15 is 0 Å². The van der Waals surface area contributed by atoms with Gasteiger partial charge in [0.1, 0.15) is 34.5 Å². The molecule has 2 amide bonds. The summed E-state index contributed by atoms with van der Waals surface area (Å²) in [4.78, 5) is 69.8. The predicted molar refractivity (Wildman–Crippen MR) is 172 cm³/mol. The van der Waals surface area contributed by atoms with Crippen LogP contribution in [0.2, 0.25) is 0 Å². The van der Waals surface area contributed by atoms with Crippen LogP contribution in [0, 0.1) is 19.3 Å². The molecule has 1 saturated heterocycles. The number of Topliss-reactive ketones (excluding diaryl/α,β-unsaturated/α-hetero) is 1. The van der Waals surface area contributed by atoms with Crippen LogP contribution in [0.3, 0.4) is 0 Å². The van der Waals surface area contributed by atoms with Crippen LogP contribution in [0.25, 0.3) is 22.0 Å². The minimum atomic E-state index is -1.24. The van der Waals surface area contributed by atoms with Gasteiger partial charge in [-0.05, 0) is 86.0 Å². The minimum Gasteiger partial charge on any atom is -0.478 e. The molecule has 2 aliphatic rings. The summed E-state index contributed by atoms with van der Waals surface area (Å²) in [6.07, 6.45) is 4.38. The fourth-order valence-corrected chi connectivity index (χ4v) is 6.98. The van der Waals surface area contributed by atoms with Gasteiger partial charge >= 0.3 is 5.97 Å². The number of nitrogens with one attached hydrogen (secondary N) is 1. The van der Waals surface area contributed by atoms with Gasteiger partial charge in [0.15, 0.2) is 5.78 Å². The Kier molecular flexibility index (Phi) is 7.97. The van der Waals surface area contributed by atoms with Crippen molar-refractivity contribution in [3.8, 4) is 11.1 Å². The number of aryl methyl sites for hydroxylation is 2. The molecule has 238 valence electrons. The number of benzene rings is 1. The smallest absolute Gasteiger partial charge is 0.337 e. The summed E-state index contributed by atoms with van der Waals surface area (Å²) in [5.74, 6) is -1.41. The van der Waals surface area contributed by atoms with E-state index in [2.05, 4.69) is 46.2 Å². The summed E-state index contributed by atoms with van der Waals surface area (Å²) in [6, 6.07) is 5.81. The monoisotopic (exact) mass is 688 g/mol. The molecule has 3 atom stereocenters. The highest BCUT2D eigenvalue weighted by Gasteiger charge is 2.67. The molecule has 1 saturated carbocycles. The molecule has 6 rings (SSSR count). The maximum absolute atomic E-state index is 14.2. The van der Waals surface area contributed by atoms with E-state index in [1.807, 2.05) is 27.1 Å². The number of piperidine rings is 1. The fourth-order valence-electron chi connectivity index (χ4n) is 6.68. The number of hydrogen-bond acceptors (Lipinski definition) is 9. The van der Waals surface area contributed by atoms with Crippen LogP contribution in [0.15, 0.2) is 41.3 Å². The lowest BCUT2D eigenvalue weighted by atomic mass is 9.98. The Morgan fingerprint density at radius 2 is 1.80 bits per heavy atom. The SMILES string of the molecule is CC(=O)c1nn(CC(=O)N2C3CC3(CN(C)C)C[C@H]2C(=O)Nc2nc(Br)ccc2C)c2c(C(=O)O)cc(-c3cnc(C)nc3)cc12. The van der Waals surface area contributed by atoms with Crippen LogP contribution >= 0.6 is 15.9 Å². The van der Waals surface area contributed by atoms with E-state index in [-0.39, 0.29) is 46.5 Å². The first-order valence-corrected chi connectivity index (χ1v) is 15.5. The normalized spacial score (nSPS) is 20.2. The molecule has 2 unspecified atom stereocenters. The number of aromatic carboxylic acids is 1. The number of nitrogens with zero attached hydrogens (tertiary/aromatic N) is 7. The lowest BCUT2D eigenvalue weighted by molar-refractivity contribution is -0.138. The van der Waals surface area contributed by atoms with Crippen molar-refractivity contribution < 1.29 is 24.3 Å². The number of pyridine rings is 1. The number of halogens is 1. The van der Waals surface area contributed by atoms with Crippen molar-refractivity contribution in [3.05, 3.63) is 63.9 Å². The molecule has 0 spiro atoms. The Morgan fingerprint density at radius 1 is 1.09 bits per heavy atom. The molecule has 2 fully saturated rings. The summed E-state index contributed by atoms with van der Waals surface area (Å²) in [6.45, 7) is 5.26. The van der Waals surface area contributed by atoms with Crippen molar-refractivity contribution in [2.45, 2.75) is 52.2 Å². The third kappa shape index (κ3) is 5.66. The van der Waals surface area contributed by atoms with Gasteiger partial charge in [0, 0.05) is 48.3 Å². The van der Waals surface area contributed by atoms with E-state index in [0.717, 1.165) is 12.0 Å². The summed E-state index contributed by atoms with van der Waals surface area (Å²) in [5.41, 5.74) is 1.67. The van der Waals surface area contributed by atoms with Crippen molar-refractivity contribution in [3.63, 3.8) is 0 Å². The lowest BCUT2D eigenvalue weighted by Crippen LogP contribution is -2.47. The molecule has 3 aromatic heterocycles. The van der Waals surface area contributed by atoms with Gasteiger partial charge in [-0.25, -0.2) is 19.7 Å². The number of hydrogen-bond donors (Lipinski definition) is 2. The van der Waals surface area contributed by atoms with Gasteiger partial charge in [-0.15, -0.1) is 0 Å². The molecule has 0 radical (unpaired) electrons. The average Bonchev–Trinajstić information content (AvgIpc) is 3.38. The van der Waals surface area contributed by atoms with Gasteiger partial charge in [0.05, 0.1) is 11.1 Å². The molecule has 4 aromatic rings. The maximum atomic E-state index is 14.2. The van der Waals surface area contributed by atoms with Gasteiger partial charge in [0.2, 0.25) is 11.8 Å². The number of aromatic nitrogens is 5. The fraction of sp³-hybridized carbons (Fsp3) is 0.375. The second kappa shape index (κ2) is 11.7. The first-order valence-electron chi connectivity index (χ1n) is 14.8. The number of carbonyl (C=O) groups excluding carboxylic acids is 3. The Hall–Kier alpha value is -4.56. The Bertz CT molecular complexity index is 1920. The van der Waals surface area contributed by atoms with E-state index in [1.165, 1.54) is 17.7 Å². The molecule has 0 bridgehead atoms. The maximum Gasteiger partial charge on any atom is 0.337 e. The third-order valence-electron chi connectivity index (χ3n) is 8.75. The highest BCUT2D eigenvalue weighted by Crippen LogP contribution is 2.60. The molecule has 13 nitrogen and oxygen atoms in total. The minimum absolute atomic E-state index is 0.0421. The Morgan fingerprint density at radius 3 is 2.46 bits per heavy atom. The summed E-state index contributed by atoms with van der Waals surface area (Å²) in [5, 5.41) is 17.9. The van der Waals surface area contributed by atoms with Crippen molar-refractivity contribution in [1.29, 1.82) is 0 Å². The van der Waals surface area contributed by atoms with Crippen molar-refractivity contribution in [1.82, 2.24) is 34.5 Å². The van der Waals surface area contributed by atoms with Crippen LogP contribution in [-0.2, 0) is 16.1 Å². The van der Waals surface area contributed by atoms with E-state index in [4.69, 9.17) is 0 Å². The highest BCUT2D eigenvalue weighted by atomic mass is 79.9. The zero-order valence-electron chi connectivity index (χ0n) is 26.0. The second-order valence-corrected chi connectivity index (χ2v) is 13.2. The Balaban J connectivity index is 1.38. The standard InChI is InChI=1S/C32H33BrN8O5/c1-16-6-7-25(33)36-29(16)37-30(44)23-10-32(15-39(4)5)11-24(32)41(23)26(43)14-40-28-21(27(38-40)17(2)42)8-19(9-22(28)31(45)46)20-12-34-18(3)35-13-20/h6-9,12-13,23-24H,10-11,14-15H2,1-5H3,(H,45,46)(H,36,37,44)/t23-,24?,32?/m0/s1. The largest absolute Gasteiger partial charge is 0.478 e.